The van der Waals surface area contributed by atoms with E-state index in [0.717, 1.165) is 32.1 Å². The van der Waals surface area contributed by atoms with Gasteiger partial charge in [-0.25, -0.2) is 0 Å². The lowest BCUT2D eigenvalue weighted by Gasteiger charge is -2.21. The van der Waals surface area contributed by atoms with Crippen LogP contribution in [0.15, 0.2) is 18.2 Å². The largest absolute Gasteiger partial charge is 0.507 e. The van der Waals surface area contributed by atoms with E-state index in [9.17, 15) is 9.90 Å². The predicted octanol–water partition coefficient (Wildman–Crippen LogP) is 3.72. The topological polar surface area (TPSA) is 49.3 Å². The molecule has 0 aromatic heterocycles. The van der Waals surface area contributed by atoms with Gasteiger partial charge in [0.25, 0.3) is 5.91 Å². The second kappa shape index (κ2) is 6.49. The minimum atomic E-state index is -0.299. The molecule has 1 aliphatic rings. The Bertz CT molecular complexity index is 465. The van der Waals surface area contributed by atoms with Gasteiger partial charge in [-0.15, -0.1) is 11.6 Å². The van der Waals surface area contributed by atoms with Crippen LogP contribution in [-0.2, 0) is 0 Å². The van der Waals surface area contributed by atoms with Gasteiger partial charge < -0.3 is 10.4 Å². The van der Waals surface area contributed by atoms with Gasteiger partial charge in [-0.1, -0.05) is 30.9 Å². The predicted molar refractivity (Wildman–Crippen MR) is 77.1 cm³/mol. The maximum Gasteiger partial charge on any atom is 0.255 e. The average Bonchev–Trinajstić information content (AvgIpc) is 2.55. The summed E-state index contributed by atoms with van der Waals surface area (Å²) in [7, 11) is 0. The summed E-state index contributed by atoms with van der Waals surface area (Å²) in [5.74, 6) is -0.406. The number of halogens is 2. The van der Waals surface area contributed by atoms with Crippen molar-refractivity contribution in [3.8, 4) is 5.75 Å². The molecule has 1 fully saturated rings. The van der Waals surface area contributed by atoms with E-state index in [0.29, 0.717) is 5.02 Å². The van der Waals surface area contributed by atoms with Gasteiger partial charge in [0.1, 0.15) is 5.75 Å². The summed E-state index contributed by atoms with van der Waals surface area (Å²) in [6, 6.07) is 4.43. The second-order valence-electron chi connectivity index (χ2n) is 4.90. The van der Waals surface area contributed by atoms with Crippen molar-refractivity contribution in [3.05, 3.63) is 28.8 Å². The van der Waals surface area contributed by atoms with Crippen molar-refractivity contribution >= 4 is 29.1 Å². The molecule has 1 aliphatic carbocycles. The highest BCUT2D eigenvalue weighted by molar-refractivity contribution is 6.30. The normalized spacial score (nSPS) is 23.7. The Kier molecular flexibility index (Phi) is 4.94. The number of carbonyl (C=O) groups excluding carboxylic acids is 1. The van der Waals surface area contributed by atoms with Gasteiger partial charge in [0, 0.05) is 11.1 Å². The number of rotatable bonds is 2. The van der Waals surface area contributed by atoms with Crippen LogP contribution in [0.1, 0.15) is 42.5 Å². The molecule has 0 heterocycles. The summed E-state index contributed by atoms with van der Waals surface area (Å²) in [4.78, 5) is 12.1. The van der Waals surface area contributed by atoms with Crippen LogP contribution in [0.5, 0.6) is 5.75 Å². The molecule has 3 nitrogen and oxygen atoms in total. The molecule has 0 bridgehead atoms. The first-order chi connectivity index (χ1) is 9.08. The molecular weight excluding hydrogens is 285 g/mol. The molecule has 19 heavy (non-hydrogen) atoms. The maximum atomic E-state index is 12.1. The summed E-state index contributed by atoms with van der Waals surface area (Å²) in [6.07, 6.45) is 5.13. The monoisotopic (exact) mass is 301 g/mol. The van der Waals surface area contributed by atoms with Crippen molar-refractivity contribution in [3.63, 3.8) is 0 Å². The molecule has 0 spiro atoms. The molecule has 1 aromatic rings. The van der Waals surface area contributed by atoms with Gasteiger partial charge in [-0.05, 0) is 31.0 Å². The van der Waals surface area contributed by atoms with Crippen LogP contribution >= 0.6 is 23.2 Å². The number of aromatic hydroxyl groups is 1. The molecule has 0 saturated heterocycles. The SMILES string of the molecule is O=C(NC1CCCCCC1Cl)c1ccc(Cl)cc1O. The summed E-state index contributed by atoms with van der Waals surface area (Å²) in [5, 5.41) is 13.0. The minimum absolute atomic E-state index is 0.0354. The molecule has 2 rings (SSSR count). The van der Waals surface area contributed by atoms with Gasteiger partial charge in [-0.2, -0.15) is 0 Å². The first-order valence-electron chi connectivity index (χ1n) is 6.51. The average molecular weight is 302 g/mol. The van der Waals surface area contributed by atoms with E-state index in [2.05, 4.69) is 5.32 Å². The van der Waals surface area contributed by atoms with E-state index in [-0.39, 0.29) is 28.6 Å². The fraction of sp³-hybridized carbons (Fsp3) is 0.500. The quantitative estimate of drug-likeness (QED) is 0.646. The summed E-state index contributed by atoms with van der Waals surface area (Å²) >= 11 is 12.0. The number of benzene rings is 1. The number of hydrogen-bond acceptors (Lipinski definition) is 2. The van der Waals surface area contributed by atoms with E-state index >= 15 is 0 Å². The molecule has 0 radical (unpaired) electrons. The zero-order valence-corrected chi connectivity index (χ0v) is 12.0. The smallest absolute Gasteiger partial charge is 0.255 e. The summed E-state index contributed by atoms with van der Waals surface area (Å²) < 4.78 is 0. The molecule has 2 unspecified atom stereocenters. The van der Waals surface area contributed by atoms with Gasteiger partial charge in [0.2, 0.25) is 0 Å². The first kappa shape index (κ1) is 14.5. The highest BCUT2D eigenvalue weighted by Gasteiger charge is 2.24. The Balaban J connectivity index is 2.07. The van der Waals surface area contributed by atoms with Crippen LogP contribution in [0.3, 0.4) is 0 Å². The van der Waals surface area contributed by atoms with Crippen molar-refractivity contribution < 1.29 is 9.90 Å². The van der Waals surface area contributed by atoms with Crippen molar-refractivity contribution in [1.29, 1.82) is 0 Å². The zero-order chi connectivity index (χ0) is 13.8. The van der Waals surface area contributed by atoms with Crippen LogP contribution in [0.2, 0.25) is 5.02 Å². The minimum Gasteiger partial charge on any atom is -0.507 e. The number of amides is 1. The van der Waals surface area contributed by atoms with E-state index in [1.54, 1.807) is 6.07 Å². The fourth-order valence-electron chi connectivity index (χ4n) is 2.37. The van der Waals surface area contributed by atoms with Crippen LogP contribution in [-0.4, -0.2) is 22.4 Å². The van der Waals surface area contributed by atoms with Gasteiger partial charge in [0.05, 0.1) is 10.9 Å². The number of alkyl halides is 1. The lowest BCUT2D eigenvalue weighted by atomic mass is 10.1. The standard InChI is InChI=1S/C14H17Cl2NO2/c15-9-6-7-10(13(18)8-9)14(19)17-12-5-3-1-2-4-11(12)16/h6-8,11-12,18H,1-5H2,(H,17,19). The number of nitrogens with one attached hydrogen (secondary N) is 1. The molecule has 1 aromatic carbocycles. The van der Waals surface area contributed by atoms with Crippen LogP contribution in [0.25, 0.3) is 0 Å². The molecule has 1 saturated carbocycles. The van der Waals surface area contributed by atoms with Crippen molar-refractivity contribution in [2.45, 2.75) is 43.5 Å². The third-order valence-electron chi connectivity index (χ3n) is 3.45. The van der Waals surface area contributed by atoms with Gasteiger partial charge in [-0.3, -0.25) is 4.79 Å². The van der Waals surface area contributed by atoms with E-state index in [1.165, 1.54) is 12.1 Å². The molecule has 104 valence electrons. The Morgan fingerprint density at radius 1 is 1.26 bits per heavy atom. The molecule has 2 atom stereocenters. The van der Waals surface area contributed by atoms with E-state index in [4.69, 9.17) is 23.2 Å². The first-order valence-corrected chi connectivity index (χ1v) is 7.33. The van der Waals surface area contributed by atoms with Gasteiger partial charge in [0.15, 0.2) is 0 Å². The Labute approximate surface area is 122 Å². The highest BCUT2D eigenvalue weighted by Crippen LogP contribution is 2.25. The molecule has 0 aliphatic heterocycles. The molecule has 5 heteroatoms. The lowest BCUT2D eigenvalue weighted by Crippen LogP contribution is -2.40. The Morgan fingerprint density at radius 3 is 2.74 bits per heavy atom. The number of phenols is 1. The zero-order valence-electron chi connectivity index (χ0n) is 10.5. The molecule has 2 N–H and O–H groups in total. The van der Waals surface area contributed by atoms with Gasteiger partial charge >= 0.3 is 0 Å². The highest BCUT2D eigenvalue weighted by atomic mass is 35.5. The van der Waals surface area contributed by atoms with E-state index in [1.807, 2.05) is 0 Å². The lowest BCUT2D eigenvalue weighted by molar-refractivity contribution is 0.0931. The fourth-order valence-corrected chi connectivity index (χ4v) is 2.88. The second-order valence-corrected chi connectivity index (χ2v) is 5.89. The van der Waals surface area contributed by atoms with E-state index < -0.39 is 0 Å². The van der Waals surface area contributed by atoms with Crippen LogP contribution < -0.4 is 5.32 Å². The third kappa shape index (κ3) is 3.77. The van der Waals surface area contributed by atoms with Crippen molar-refractivity contribution in [2.75, 3.05) is 0 Å². The molecule has 1 amide bonds. The Hall–Kier alpha value is -0.930. The van der Waals surface area contributed by atoms with Crippen LogP contribution in [0.4, 0.5) is 0 Å². The number of phenolic OH excluding ortho intramolecular Hbond substituents is 1. The third-order valence-corrected chi connectivity index (χ3v) is 4.21. The van der Waals surface area contributed by atoms with Crippen LogP contribution in [0, 0.1) is 0 Å². The van der Waals surface area contributed by atoms with Crippen molar-refractivity contribution in [2.24, 2.45) is 0 Å². The maximum absolute atomic E-state index is 12.1. The molecular formula is C14H17Cl2NO2. The summed E-state index contributed by atoms with van der Waals surface area (Å²) in [5.41, 5.74) is 0.234. The number of hydrogen-bond donors (Lipinski definition) is 2. The Morgan fingerprint density at radius 2 is 2.00 bits per heavy atom. The summed E-state index contributed by atoms with van der Waals surface area (Å²) in [6.45, 7) is 0. The van der Waals surface area contributed by atoms with Crippen molar-refractivity contribution in [1.82, 2.24) is 5.32 Å². The number of carbonyl (C=O) groups is 1.